The second-order valence-electron chi connectivity index (χ2n) is 5.50. The Morgan fingerprint density at radius 3 is 3.13 bits per heavy atom. The molecule has 118 valence electrons. The molecule has 2 aromatic heterocycles. The number of fused-ring (bicyclic) bond motifs is 3. The standard InChI is InChI=1S/C15H13ClN4O3/c16-8-1-2-11-10(5-8)12-13(23-11)14(18-7-17-12)20-4-3-9(6-20)19-15(21)22/h1-2,5,7,9,19H,3-4,6H2,(H,21,22)/t9-/m1/s1. The van der Waals surface area contributed by atoms with E-state index >= 15 is 0 Å². The summed E-state index contributed by atoms with van der Waals surface area (Å²) in [6, 6.07) is 5.28. The molecule has 1 saturated heterocycles. The Kier molecular flexibility index (Phi) is 3.23. The van der Waals surface area contributed by atoms with Crippen LogP contribution in [0.25, 0.3) is 22.1 Å². The monoisotopic (exact) mass is 332 g/mol. The maximum absolute atomic E-state index is 10.8. The topological polar surface area (TPSA) is 91.5 Å². The number of furan rings is 1. The van der Waals surface area contributed by atoms with Crippen molar-refractivity contribution in [1.82, 2.24) is 15.3 Å². The molecule has 0 aliphatic carbocycles. The van der Waals surface area contributed by atoms with Crippen LogP contribution < -0.4 is 10.2 Å². The smallest absolute Gasteiger partial charge is 0.404 e. The maximum atomic E-state index is 10.8. The summed E-state index contributed by atoms with van der Waals surface area (Å²) in [6.45, 7) is 1.26. The minimum atomic E-state index is -1.01. The summed E-state index contributed by atoms with van der Waals surface area (Å²) >= 11 is 6.05. The highest BCUT2D eigenvalue weighted by Crippen LogP contribution is 2.34. The van der Waals surface area contributed by atoms with E-state index in [1.54, 1.807) is 6.07 Å². The van der Waals surface area contributed by atoms with Gasteiger partial charge < -0.3 is 19.7 Å². The molecule has 23 heavy (non-hydrogen) atoms. The van der Waals surface area contributed by atoms with Crippen LogP contribution in [-0.2, 0) is 0 Å². The van der Waals surface area contributed by atoms with Crippen molar-refractivity contribution in [3.8, 4) is 0 Å². The number of benzene rings is 1. The molecule has 2 N–H and O–H groups in total. The van der Waals surface area contributed by atoms with E-state index in [1.807, 2.05) is 17.0 Å². The van der Waals surface area contributed by atoms with Gasteiger partial charge in [-0.15, -0.1) is 0 Å². The van der Waals surface area contributed by atoms with Crippen molar-refractivity contribution < 1.29 is 14.3 Å². The molecule has 8 heteroatoms. The molecule has 0 saturated carbocycles. The number of anilines is 1. The summed E-state index contributed by atoms with van der Waals surface area (Å²) in [4.78, 5) is 21.4. The number of halogens is 1. The van der Waals surface area contributed by atoms with E-state index in [4.69, 9.17) is 21.1 Å². The van der Waals surface area contributed by atoms with Gasteiger partial charge in [-0.2, -0.15) is 0 Å². The van der Waals surface area contributed by atoms with E-state index in [0.717, 1.165) is 11.8 Å². The van der Waals surface area contributed by atoms with Gasteiger partial charge in [0, 0.05) is 23.5 Å². The van der Waals surface area contributed by atoms with Gasteiger partial charge in [0.25, 0.3) is 0 Å². The lowest BCUT2D eigenvalue weighted by molar-refractivity contribution is 0.191. The zero-order valence-corrected chi connectivity index (χ0v) is 12.7. The van der Waals surface area contributed by atoms with Gasteiger partial charge >= 0.3 is 6.09 Å². The molecule has 0 bridgehead atoms. The first-order valence-corrected chi connectivity index (χ1v) is 7.57. The van der Waals surface area contributed by atoms with Crippen LogP contribution in [-0.4, -0.2) is 40.3 Å². The molecule has 4 rings (SSSR count). The third-order valence-electron chi connectivity index (χ3n) is 4.01. The number of nitrogens with zero attached hydrogens (tertiary/aromatic N) is 3. The number of nitrogens with one attached hydrogen (secondary N) is 1. The lowest BCUT2D eigenvalue weighted by atomic mass is 10.2. The van der Waals surface area contributed by atoms with E-state index in [9.17, 15) is 4.79 Å². The highest BCUT2D eigenvalue weighted by atomic mass is 35.5. The third-order valence-corrected chi connectivity index (χ3v) is 4.24. The van der Waals surface area contributed by atoms with Crippen molar-refractivity contribution >= 4 is 45.6 Å². The Morgan fingerprint density at radius 2 is 2.30 bits per heavy atom. The van der Waals surface area contributed by atoms with E-state index in [2.05, 4.69) is 15.3 Å². The third kappa shape index (κ3) is 2.43. The molecule has 1 fully saturated rings. The average molecular weight is 333 g/mol. The van der Waals surface area contributed by atoms with Gasteiger partial charge in [-0.25, -0.2) is 14.8 Å². The molecular formula is C15H13ClN4O3. The minimum absolute atomic E-state index is 0.115. The lowest BCUT2D eigenvalue weighted by Crippen LogP contribution is -2.36. The highest BCUT2D eigenvalue weighted by molar-refractivity contribution is 6.31. The molecule has 1 atom stereocenters. The zero-order chi connectivity index (χ0) is 16.0. The Labute approximate surface area is 135 Å². The van der Waals surface area contributed by atoms with Crippen LogP contribution in [0.3, 0.4) is 0 Å². The molecule has 7 nitrogen and oxygen atoms in total. The zero-order valence-electron chi connectivity index (χ0n) is 12.0. The Morgan fingerprint density at radius 1 is 1.43 bits per heavy atom. The summed E-state index contributed by atoms with van der Waals surface area (Å²) in [5.41, 5.74) is 2.01. The summed E-state index contributed by atoms with van der Waals surface area (Å²) in [6.07, 6.45) is 1.21. The van der Waals surface area contributed by atoms with Crippen molar-refractivity contribution in [2.24, 2.45) is 0 Å². The fourth-order valence-corrected chi connectivity index (χ4v) is 3.18. The van der Waals surface area contributed by atoms with Crippen LogP contribution in [0.4, 0.5) is 10.6 Å². The largest absolute Gasteiger partial charge is 0.465 e. The van der Waals surface area contributed by atoms with Crippen LogP contribution in [0, 0.1) is 0 Å². The van der Waals surface area contributed by atoms with Gasteiger partial charge in [0.2, 0.25) is 0 Å². The van der Waals surface area contributed by atoms with Crippen LogP contribution in [0.15, 0.2) is 28.9 Å². The second-order valence-corrected chi connectivity index (χ2v) is 5.94. The van der Waals surface area contributed by atoms with Crippen LogP contribution in [0.5, 0.6) is 0 Å². The predicted octanol–water partition coefficient (Wildman–Crippen LogP) is 2.88. The predicted molar refractivity (Wildman–Crippen MR) is 86.1 cm³/mol. The number of carboxylic acid groups (broad SMARTS) is 1. The second kappa shape index (κ2) is 5.27. The molecule has 0 spiro atoms. The van der Waals surface area contributed by atoms with Crippen molar-refractivity contribution in [2.45, 2.75) is 12.5 Å². The summed E-state index contributed by atoms with van der Waals surface area (Å²) in [5, 5.41) is 12.8. The fourth-order valence-electron chi connectivity index (χ4n) is 3.01. The molecule has 1 aliphatic rings. The Hall–Kier alpha value is -2.54. The number of hydrogen-bond acceptors (Lipinski definition) is 5. The van der Waals surface area contributed by atoms with Crippen LogP contribution in [0.2, 0.25) is 5.02 Å². The first kappa shape index (κ1) is 14.1. The molecular weight excluding hydrogens is 320 g/mol. The average Bonchev–Trinajstić information content (AvgIpc) is 3.10. The molecule has 1 amide bonds. The first-order valence-electron chi connectivity index (χ1n) is 7.19. The number of hydrogen-bond donors (Lipinski definition) is 2. The van der Waals surface area contributed by atoms with Crippen LogP contribution >= 0.6 is 11.6 Å². The van der Waals surface area contributed by atoms with Crippen molar-refractivity contribution in [3.63, 3.8) is 0 Å². The molecule has 1 aromatic carbocycles. The van der Waals surface area contributed by atoms with E-state index in [0.29, 0.717) is 40.6 Å². The highest BCUT2D eigenvalue weighted by Gasteiger charge is 2.27. The quantitative estimate of drug-likeness (QED) is 0.749. The molecule has 1 aliphatic heterocycles. The number of rotatable bonds is 2. The number of carbonyl (C=O) groups is 1. The summed E-state index contributed by atoms with van der Waals surface area (Å²) < 4.78 is 5.91. The van der Waals surface area contributed by atoms with Crippen molar-refractivity contribution in [3.05, 3.63) is 29.5 Å². The van der Waals surface area contributed by atoms with Gasteiger partial charge in [-0.05, 0) is 24.6 Å². The molecule has 0 unspecified atom stereocenters. The van der Waals surface area contributed by atoms with Gasteiger partial charge in [0.1, 0.15) is 17.4 Å². The first-order chi connectivity index (χ1) is 11.1. The van der Waals surface area contributed by atoms with E-state index < -0.39 is 6.09 Å². The normalized spacial score (nSPS) is 18.0. The molecule has 0 radical (unpaired) electrons. The lowest BCUT2D eigenvalue weighted by Gasteiger charge is -2.17. The Balaban J connectivity index is 1.76. The molecule has 3 aromatic rings. The van der Waals surface area contributed by atoms with Crippen molar-refractivity contribution in [2.75, 3.05) is 18.0 Å². The number of aromatic nitrogens is 2. The summed E-state index contributed by atoms with van der Waals surface area (Å²) in [7, 11) is 0. The van der Waals surface area contributed by atoms with Crippen LogP contribution in [0.1, 0.15) is 6.42 Å². The van der Waals surface area contributed by atoms with Gasteiger partial charge in [0.15, 0.2) is 11.4 Å². The molecule has 3 heterocycles. The van der Waals surface area contributed by atoms with Gasteiger partial charge in [0.05, 0.1) is 6.04 Å². The summed E-state index contributed by atoms with van der Waals surface area (Å²) in [5.74, 6) is 0.678. The van der Waals surface area contributed by atoms with E-state index in [1.165, 1.54) is 6.33 Å². The Bertz CT molecular complexity index is 910. The van der Waals surface area contributed by atoms with E-state index in [-0.39, 0.29) is 6.04 Å². The maximum Gasteiger partial charge on any atom is 0.404 e. The van der Waals surface area contributed by atoms with Gasteiger partial charge in [-0.3, -0.25) is 0 Å². The minimum Gasteiger partial charge on any atom is -0.465 e. The van der Waals surface area contributed by atoms with Gasteiger partial charge in [-0.1, -0.05) is 11.6 Å². The number of amides is 1. The fraction of sp³-hybridized carbons (Fsp3) is 0.267. The van der Waals surface area contributed by atoms with Crippen molar-refractivity contribution in [1.29, 1.82) is 0 Å². The SMILES string of the molecule is O=C(O)N[C@@H]1CCN(c2ncnc3c2oc2ccc(Cl)cc23)C1.